The zero-order chi connectivity index (χ0) is 19.1. The third-order valence-electron chi connectivity index (χ3n) is 3.87. The number of aromatic nitrogens is 4. The molecule has 0 aliphatic heterocycles. The second kappa shape index (κ2) is 6.76. The monoisotopic (exact) mass is 384 g/mol. The average molecular weight is 384 g/mol. The van der Waals surface area contributed by atoms with Gasteiger partial charge in [0.25, 0.3) is 5.56 Å². The number of aliphatic hydroxyl groups is 1. The number of aromatic amines is 1. The van der Waals surface area contributed by atoms with Crippen LogP contribution in [0.15, 0.2) is 34.0 Å². The van der Waals surface area contributed by atoms with Crippen LogP contribution in [0.2, 0.25) is 0 Å². The van der Waals surface area contributed by atoms with Crippen molar-refractivity contribution in [3.8, 4) is 0 Å². The summed E-state index contributed by atoms with van der Waals surface area (Å²) >= 11 is -0.182. The summed E-state index contributed by atoms with van der Waals surface area (Å²) in [7, 11) is 0. The first-order valence-electron chi connectivity index (χ1n) is 7.64. The largest absolute Gasteiger partial charge is 0.446 e. The van der Waals surface area contributed by atoms with Crippen LogP contribution in [0, 0.1) is 6.92 Å². The van der Waals surface area contributed by atoms with Crippen LogP contribution >= 0.6 is 11.8 Å². The number of alkyl halides is 3. The Kier molecular flexibility index (Phi) is 4.80. The summed E-state index contributed by atoms with van der Waals surface area (Å²) in [5.74, 6) is 0.400. The average Bonchev–Trinajstić information content (AvgIpc) is 2.92. The molecule has 0 amide bonds. The van der Waals surface area contributed by atoms with E-state index in [1.165, 1.54) is 16.8 Å². The van der Waals surface area contributed by atoms with Gasteiger partial charge in [0.2, 0.25) is 0 Å². The van der Waals surface area contributed by atoms with Gasteiger partial charge in [-0.05, 0) is 43.3 Å². The third-order valence-corrected chi connectivity index (χ3v) is 4.60. The predicted octanol–water partition coefficient (Wildman–Crippen LogP) is 3.14. The molecule has 6 nitrogen and oxygen atoms in total. The highest BCUT2D eigenvalue weighted by molar-refractivity contribution is 8.00. The minimum absolute atomic E-state index is 0.0836. The molecule has 0 fully saturated rings. The summed E-state index contributed by atoms with van der Waals surface area (Å²) in [4.78, 5) is 19.1. The molecule has 0 spiro atoms. The molecule has 0 radical (unpaired) electrons. The fraction of sp³-hybridized carbons (Fsp3) is 0.312. The molecule has 2 aromatic heterocycles. The zero-order valence-corrected chi connectivity index (χ0v) is 14.6. The number of hydrogen-bond donors (Lipinski definition) is 2. The van der Waals surface area contributed by atoms with Crippen LogP contribution < -0.4 is 5.56 Å². The molecule has 1 aromatic carbocycles. The quantitative estimate of drug-likeness (QED) is 0.675. The number of hydrogen-bond acceptors (Lipinski definition) is 5. The van der Waals surface area contributed by atoms with Crippen molar-refractivity contribution in [3.63, 3.8) is 0 Å². The Hall–Kier alpha value is -2.33. The van der Waals surface area contributed by atoms with Crippen molar-refractivity contribution >= 4 is 22.8 Å². The standard InChI is InChI=1S/C16H15F3N4O2S/c1-8(10-3-5-11(6-4-10)26-16(17,18)19)23-14-13(12(7-24)22-23)15(25)21-9(2)20-14/h3-6,8,24H,7H2,1-2H3,(H,20,21,25)/t8-/m0/s1. The number of H-pyrrole nitrogens is 1. The first-order valence-corrected chi connectivity index (χ1v) is 8.46. The lowest BCUT2D eigenvalue weighted by Gasteiger charge is -2.14. The highest BCUT2D eigenvalue weighted by atomic mass is 32.2. The maximum atomic E-state index is 12.4. The van der Waals surface area contributed by atoms with Crippen molar-refractivity contribution in [1.82, 2.24) is 19.7 Å². The first-order chi connectivity index (χ1) is 12.2. The maximum Gasteiger partial charge on any atom is 0.446 e. The van der Waals surface area contributed by atoms with Gasteiger partial charge in [0, 0.05) is 4.90 Å². The number of thioether (sulfide) groups is 1. The van der Waals surface area contributed by atoms with Gasteiger partial charge in [0.1, 0.15) is 16.9 Å². The van der Waals surface area contributed by atoms with Crippen LogP contribution in [-0.2, 0) is 6.61 Å². The number of aliphatic hydroxyl groups excluding tert-OH is 1. The van der Waals surface area contributed by atoms with Gasteiger partial charge < -0.3 is 10.1 Å². The van der Waals surface area contributed by atoms with Gasteiger partial charge in [-0.3, -0.25) is 4.79 Å². The van der Waals surface area contributed by atoms with Gasteiger partial charge in [0.15, 0.2) is 5.65 Å². The molecule has 3 rings (SSSR count). The predicted molar refractivity (Wildman–Crippen MR) is 91.0 cm³/mol. The lowest BCUT2D eigenvalue weighted by atomic mass is 10.1. The maximum absolute atomic E-state index is 12.4. The van der Waals surface area contributed by atoms with E-state index in [-0.39, 0.29) is 27.7 Å². The summed E-state index contributed by atoms with van der Waals surface area (Å²) in [5.41, 5.74) is -3.53. The molecule has 0 unspecified atom stereocenters. The minimum atomic E-state index is -4.34. The summed E-state index contributed by atoms with van der Waals surface area (Å²) in [6.45, 7) is 2.99. The van der Waals surface area contributed by atoms with Crippen LogP contribution in [0.5, 0.6) is 0 Å². The first kappa shape index (κ1) is 18.5. The molecular weight excluding hydrogens is 369 g/mol. The summed E-state index contributed by atoms with van der Waals surface area (Å²) in [5, 5.41) is 13.9. The number of nitrogens with zero attached hydrogens (tertiary/aromatic N) is 3. The van der Waals surface area contributed by atoms with Crippen LogP contribution in [0.4, 0.5) is 13.2 Å². The van der Waals surface area contributed by atoms with E-state index >= 15 is 0 Å². The number of rotatable bonds is 4. The van der Waals surface area contributed by atoms with E-state index in [0.29, 0.717) is 17.0 Å². The Balaban J connectivity index is 2.02. The van der Waals surface area contributed by atoms with Gasteiger partial charge in [0.05, 0.1) is 12.6 Å². The number of nitrogens with one attached hydrogen (secondary N) is 1. The Morgan fingerprint density at radius 2 is 1.96 bits per heavy atom. The van der Waals surface area contributed by atoms with E-state index in [1.54, 1.807) is 26.0 Å². The number of aryl methyl sites for hydroxylation is 1. The molecule has 2 heterocycles. The summed E-state index contributed by atoms with van der Waals surface area (Å²) in [6.07, 6.45) is 0. The van der Waals surface area contributed by atoms with Crippen molar-refractivity contribution in [2.45, 2.75) is 36.9 Å². The third kappa shape index (κ3) is 3.61. The van der Waals surface area contributed by atoms with Crippen molar-refractivity contribution in [3.05, 3.63) is 51.7 Å². The van der Waals surface area contributed by atoms with E-state index in [0.717, 1.165) is 0 Å². The van der Waals surface area contributed by atoms with Gasteiger partial charge in [-0.25, -0.2) is 9.67 Å². The molecular formula is C16H15F3N4O2S. The Labute approximate surface area is 150 Å². The molecule has 0 bridgehead atoms. The molecule has 26 heavy (non-hydrogen) atoms. The van der Waals surface area contributed by atoms with E-state index in [9.17, 15) is 23.1 Å². The van der Waals surface area contributed by atoms with Crippen molar-refractivity contribution in [1.29, 1.82) is 0 Å². The molecule has 0 aliphatic rings. The van der Waals surface area contributed by atoms with Gasteiger partial charge in [-0.15, -0.1) is 0 Å². The Morgan fingerprint density at radius 3 is 2.54 bits per heavy atom. The molecule has 10 heteroatoms. The van der Waals surface area contributed by atoms with E-state index in [2.05, 4.69) is 15.1 Å². The van der Waals surface area contributed by atoms with Crippen LogP contribution in [0.25, 0.3) is 11.0 Å². The smallest absolute Gasteiger partial charge is 0.390 e. The fourth-order valence-corrected chi connectivity index (χ4v) is 3.23. The molecule has 138 valence electrons. The molecule has 0 saturated heterocycles. The Morgan fingerprint density at radius 1 is 1.31 bits per heavy atom. The lowest BCUT2D eigenvalue weighted by molar-refractivity contribution is -0.0328. The topological polar surface area (TPSA) is 83.8 Å². The summed E-state index contributed by atoms with van der Waals surface area (Å²) < 4.78 is 38.8. The SMILES string of the molecule is Cc1nc2c(c(CO)nn2[C@@H](C)c2ccc(SC(F)(F)F)cc2)c(=O)[nH]1. The van der Waals surface area contributed by atoms with Crippen molar-refractivity contribution in [2.75, 3.05) is 0 Å². The highest BCUT2D eigenvalue weighted by Gasteiger charge is 2.29. The molecule has 1 atom stereocenters. The van der Waals surface area contributed by atoms with E-state index in [1.807, 2.05) is 0 Å². The van der Waals surface area contributed by atoms with Crippen LogP contribution in [-0.4, -0.2) is 30.4 Å². The van der Waals surface area contributed by atoms with Crippen LogP contribution in [0.3, 0.4) is 0 Å². The Bertz CT molecular complexity index is 996. The number of benzene rings is 1. The minimum Gasteiger partial charge on any atom is -0.390 e. The fourth-order valence-electron chi connectivity index (χ4n) is 2.69. The number of halogens is 3. The zero-order valence-electron chi connectivity index (χ0n) is 13.8. The van der Waals surface area contributed by atoms with Gasteiger partial charge in [-0.2, -0.15) is 18.3 Å². The second-order valence-electron chi connectivity index (χ2n) is 5.69. The van der Waals surface area contributed by atoms with E-state index in [4.69, 9.17) is 0 Å². The van der Waals surface area contributed by atoms with Crippen LogP contribution in [0.1, 0.15) is 30.0 Å². The van der Waals surface area contributed by atoms with E-state index < -0.39 is 23.7 Å². The van der Waals surface area contributed by atoms with Crippen molar-refractivity contribution < 1.29 is 18.3 Å². The second-order valence-corrected chi connectivity index (χ2v) is 6.83. The normalized spacial score (nSPS) is 13.3. The number of fused-ring (bicyclic) bond motifs is 1. The van der Waals surface area contributed by atoms with Crippen molar-refractivity contribution in [2.24, 2.45) is 0 Å². The highest BCUT2D eigenvalue weighted by Crippen LogP contribution is 2.37. The lowest BCUT2D eigenvalue weighted by Crippen LogP contribution is -2.13. The molecule has 3 aromatic rings. The molecule has 2 N–H and O–H groups in total. The van der Waals surface area contributed by atoms with Gasteiger partial charge in [-0.1, -0.05) is 12.1 Å². The molecule has 0 aliphatic carbocycles. The van der Waals surface area contributed by atoms with Gasteiger partial charge >= 0.3 is 5.51 Å². The molecule has 0 saturated carbocycles. The summed E-state index contributed by atoms with van der Waals surface area (Å²) in [6, 6.07) is 5.52.